The molecule has 3 heteroatoms. The fourth-order valence-electron chi connectivity index (χ4n) is 10.4. The number of fused-ring (bicyclic) bond motifs is 6. The van der Waals surface area contributed by atoms with E-state index in [-0.39, 0.29) is 0 Å². The van der Waals surface area contributed by atoms with Crippen LogP contribution in [0.25, 0.3) is 105 Å². The number of anilines is 3. The van der Waals surface area contributed by atoms with Gasteiger partial charge in [-0.25, -0.2) is 0 Å². The van der Waals surface area contributed by atoms with Gasteiger partial charge in [0.15, 0.2) is 0 Å². The molecule has 0 aliphatic heterocycles. The van der Waals surface area contributed by atoms with E-state index >= 15 is 0 Å². The number of aromatic nitrogens is 1. The topological polar surface area (TPSA) is 21.3 Å². The minimum Gasteiger partial charge on any atom is -0.456 e. The molecule has 0 N–H and O–H groups in total. The van der Waals surface area contributed by atoms with Crippen molar-refractivity contribution < 1.29 is 4.42 Å². The smallest absolute Gasteiger partial charge is 0.136 e. The van der Waals surface area contributed by atoms with Crippen LogP contribution in [0.15, 0.2) is 271 Å². The molecule has 0 spiro atoms. The molecule has 13 rings (SSSR count). The molecular formula is C66H44N2O. The van der Waals surface area contributed by atoms with Gasteiger partial charge < -0.3 is 13.9 Å². The second-order valence-corrected chi connectivity index (χ2v) is 17.6. The molecule has 2 heterocycles. The molecule has 11 aromatic carbocycles. The van der Waals surface area contributed by atoms with Crippen LogP contribution in [0.3, 0.4) is 0 Å². The van der Waals surface area contributed by atoms with Crippen LogP contribution in [0.2, 0.25) is 0 Å². The minimum absolute atomic E-state index is 0.892. The van der Waals surface area contributed by atoms with Crippen molar-refractivity contribution in [3.05, 3.63) is 267 Å². The van der Waals surface area contributed by atoms with Gasteiger partial charge in [-0.2, -0.15) is 0 Å². The lowest BCUT2D eigenvalue weighted by Crippen LogP contribution is -2.10. The molecule has 0 bridgehead atoms. The van der Waals surface area contributed by atoms with Crippen LogP contribution < -0.4 is 4.90 Å². The molecule has 3 nitrogen and oxygen atoms in total. The lowest BCUT2D eigenvalue weighted by molar-refractivity contribution is 0.669. The molecule has 0 atom stereocenters. The van der Waals surface area contributed by atoms with Gasteiger partial charge in [0.1, 0.15) is 11.2 Å². The Bertz CT molecular complexity index is 3960. The Morgan fingerprint density at radius 2 is 0.710 bits per heavy atom. The summed E-state index contributed by atoms with van der Waals surface area (Å²) in [6, 6.07) is 96.1. The van der Waals surface area contributed by atoms with Crippen LogP contribution in [0, 0.1) is 0 Å². The van der Waals surface area contributed by atoms with E-state index in [1.54, 1.807) is 0 Å². The normalized spacial score (nSPS) is 11.5. The van der Waals surface area contributed by atoms with E-state index in [2.05, 4.69) is 264 Å². The molecule has 13 aromatic rings. The van der Waals surface area contributed by atoms with E-state index < -0.39 is 0 Å². The fourth-order valence-corrected chi connectivity index (χ4v) is 10.4. The quantitative estimate of drug-likeness (QED) is 0.144. The van der Waals surface area contributed by atoms with Gasteiger partial charge in [-0.3, -0.25) is 0 Å². The van der Waals surface area contributed by atoms with Gasteiger partial charge >= 0.3 is 0 Å². The predicted molar refractivity (Wildman–Crippen MR) is 290 cm³/mol. The largest absolute Gasteiger partial charge is 0.456 e. The zero-order valence-electron chi connectivity index (χ0n) is 37.7. The average Bonchev–Trinajstić information content (AvgIpc) is 3.97. The Morgan fingerprint density at radius 3 is 1.32 bits per heavy atom. The summed E-state index contributed by atoms with van der Waals surface area (Å²) in [6.07, 6.45) is 0. The van der Waals surface area contributed by atoms with Crippen molar-refractivity contribution in [2.75, 3.05) is 4.90 Å². The van der Waals surface area contributed by atoms with E-state index in [9.17, 15) is 0 Å². The second-order valence-electron chi connectivity index (χ2n) is 17.6. The maximum atomic E-state index is 6.30. The molecule has 0 saturated carbocycles. The van der Waals surface area contributed by atoms with Crippen molar-refractivity contribution in [1.29, 1.82) is 0 Å². The summed E-state index contributed by atoms with van der Waals surface area (Å²) in [7, 11) is 0. The highest BCUT2D eigenvalue weighted by Gasteiger charge is 2.19. The van der Waals surface area contributed by atoms with Crippen LogP contribution in [0.1, 0.15) is 0 Å². The van der Waals surface area contributed by atoms with E-state index in [1.165, 1.54) is 60.8 Å². The number of nitrogens with zero attached hydrogens (tertiary/aromatic N) is 2. The van der Waals surface area contributed by atoms with Gasteiger partial charge in [0, 0.05) is 44.3 Å². The lowest BCUT2D eigenvalue weighted by Gasteiger charge is -2.27. The lowest BCUT2D eigenvalue weighted by atomic mass is 9.87. The molecular weight excluding hydrogens is 837 g/mol. The summed E-state index contributed by atoms with van der Waals surface area (Å²) < 4.78 is 8.69. The predicted octanol–water partition coefficient (Wildman–Crippen LogP) is 18.5. The van der Waals surface area contributed by atoms with Crippen molar-refractivity contribution in [1.82, 2.24) is 4.57 Å². The summed E-state index contributed by atoms with van der Waals surface area (Å²) in [5.74, 6) is 0. The molecule has 0 saturated heterocycles. The molecule has 0 unspecified atom stereocenters. The van der Waals surface area contributed by atoms with Crippen molar-refractivity contribution >= 4 is 60.8 Å². The van der Waals surface area contributed by atoms with Gasteiger partial charge in [-0.15, -0.1) is 0 Å². The zero-order valence-corrected chi connectivity index (χ0v) is 37.7. The van der Waals surface area contributed by atoms with Crippen LogP contribution in [0.4, 0.5) is 17.1 Å². The maximum absolute atomic E-state index is 6.30. The highest BCUT2D eigenvalue weighted by Crippen LogP contribution is 2.44. The van der Waals surface area contributed by atoms with Crippen LogP contribution >= 0.6 is 0 Å². The standard InChI is InChI=1S/C66H44N2O/c1-2-17-46(18-3-1)53-21-4-6-23-55(53)57-25-8-9-26-58(57)56-24-7-5-22-54(56)47-35-40-50(41-36-47)67(49-38-33-45(34-39-49)48-37-42-62-61-29-12-15-32-65(61)69-66(62)43-48)51-19-16-20-52(44-51)68-63-30-13-10-27-59(63)60-28-11-14-31-64(60)68/h1-44H. The highest BCUT2D eigenvalue weighted by atomic mass is 16.3. The average molecular weight is 881 g/mol. The Kier molecular flexibility index (Phi) is 9.84. The molecule has 69 heavy (non-hydrogen) atoms. The fraction of sp³-hybridized carbons (Fsp3) is 0. The monoisotopic (exact) mass is 880 g/mol. The summed E-state index contributed by atoms with van der Waals surface area (Å²) in [5, 5.41) is 4.75. The van der Waals surface area contributed by atoms with Crippen molar-refractivity contribution in [2.45, 2.75) is 0 Å². The molecule has 2 aromatic heterocycles. The Labute approximate surface area is 401 Å². The van der Waals surface area contributed by atoms with Crippen molar-refractivity contribution in [3.8, 4) is 61.3 Å². The molecule has 324 valence electrons. The minimum atomic E-state index is 0.892. The number of para-hydroxylation sites is 3. The van der Waals surface area contributed by atoms with Gasteiger partial charge in [0.25, 0.3) is 0 Å². The van der Waals surface area contributed by atoms with Crippen molar-refractivity contribution in [3.63, 3.8) is 0 Å². The number of rotatable bonds is 9. The summed E-state index contributed by atoms with van der Waals surface area (Å²) in [6.45, 7) is 0. The van der Waals surface area contributed by atoms with Crippen LogP contribution in [-0.4, -0.2) is 4.57 Å². The zero-order chi connectivity index (χ0) is 45.7. The van der Waals surface area contributed by atoms with E-state index in [4.69, 9.17) is 4.42 Å². The third-order valence-corrected chi connectivity index (χ3v) is 13.6. The number of benzene rings is 11. The Balaban J connectivity index is 0.915. The van der Waals surface area contributed by atoms with E-state index in [0.29, 0.717) is 0 Å². The Hall–Kier alpha value is -9.18. The van der Waals surface area contributed by atoms with E-state index in [0.717, 1.165) is 61.4 Å². The number of hydrogen-bond acceptors (Lipinski definition) is 2. The first-order chi connectivity index (χ1) is 34.2. The molecule has 0 amide bonds. The Morgan fingerprint density at radius 1 is 0.261 bits per heavy atom. The first-order valence-corrected chi connectivity index (χ1v) is 23.6. The van der Waals surface area contributed by atoms with Gasteiger partial charge in [-0.1, -0.05) is 194 Å². The first kappa shape index (κ1) is 40.1. The summed E-state index contributed by atoms with van der Waals surface area (Å²) in [4.78, 5) is 2.37. The second kappa shape index (κ2) is 16.9. The third kappa shape index (κ3) is 7.08. The SMILES string of the molecule is c1ccc(-c2ccccc2-c2ccccc2-c2ccccc2-c2ccc(N(c3ccc(-c4ccc5c(c4)oc4ccccc45)cc3)c3cccc(-n4c5ccccc5c5ccccc54)c3)cc2)cc1. The van der Waals surface area contributed by atoms with Gasteiger partial charge in [0.2, 0.25) is 0 Å². The summed E-state index contributed by atoms with van der Waals surface area (Å²) in [5.41, 5.74) is 20.2. The maximum Gasteiger partial charge on any atom is 0.136 e. The molecule has 0 radical (unpaired) electrons. The van der Waals surface area contributed by atoms with Crippen LogP contribution in [-0.2, 0) is 0 Å². The van der Waals surface area contributed by atoms with Crippen LogP contribution in [0.5, 0.6) is 0 Å². The molecule has 0 aliphatic rings. The third-order valence-electron chi connectivity index (χ3n) is 13.6. The molecule has 0 fully saturated rings. The summed E-state index contributed by atoms with van der Waals surface area (Å²) >= 11 is 0. The number of hydrogen-bond donors (Lipinski definition) is 0. The molecule has 0 aliphatic carbocycles. The highest BCUT2D eigenvalue weighted by molar-refractivity contribution is 6.09. The van der Waals surface area contributed by atoms with Gasteiger partial charge in [0.05, 0.1) is 11.0 Å². The van der Waals surface area contributed by atoms with Gasteiger partial charge in [-0.05, 0) is 128 Å². The van der Waals surface area contributed by atoms with E-state index in [1.807, 2.05) is 12.1 Å². The first-order valence-electron chi connectivity index (χ1n) is 23.6. The van der Waals surface area contributed by atoms with Crippen molar-refractivity contribution in [2.24, 2.45) is 0 Å². The number of furan rings is 1.